The lowest BCUT2D eigenvalue weighted by molar-refractivity contribution is 0.274. The van der Waals surface area contributed by atoms with Crippen molar-refractivity contribution in [1.29, 1.82) is 0 Å². The van der Waals surface area contributed by atoms with Gasteiger partial charge >= 0.3 is 0 Å². The Labute approximate surface area is 125 Å². The molecule has 20 heavy (non-hydrogen) atoms. The topological polar surface area (TPSA) is 52.8 Å². The summed E-state index contributed by atoms with van der Waals surface area (Å²) in [6, 6.07) is 2.53. The minimum atomic E-state index is -0.634. The standard InChI is InChI=1S/C12H13Cl2FN4O/c1-12(2,3)19-17-10(16-18-19)6-20-11-8(14)4-7(13)5-9(11)15/h4-5H,6H2,1-3H3. The van der Waals surface area contributed by atoms with Gasteiger partial charge in [-0.25, -0.2) is 4.39 Å². The molecule has 0 spiro atoms. The molecule has 1 aromatic heterocycles. The molecule has 5 nitrogen and oxygen atoms in total. The third-order valence-electron chi connectivity index (χ3n) is 2.36. The molecule has 0 saturated heterocycles. The van der Waals surface area contributed by atoms with E-state index in [1.54, 1.807) is 0 Å². The Kier molecular flexibility index (Phi) is 4.15. The second-order valence-corrected chi connectivity index (χ2v) is 6.00. The summed E-state index contributed by atoms with van der Waals surface area (Å²) < 4.78 is 18.9. The van der Waals surface area contributed by atoms with E-state index in [1.807, 2.05) is 20.8 Å². The quantitative estimate of drug-likeness (QED) is 0.869. The van der Waals surface area contributed by atoms with Crippen LogP contribution in [-0.2, 0) is 12.1 Å². The Bertz CT molecular complexity index is 601. The average Bonchev–Trinajstić information content (AvgIpc) is 2.75. The summed E-state index contributed by atoms with van der Waals surface area (Å²) in [5.74, 6) is -0.376. The number of tetrazole rings is 1. The van der Waals surface area contributed by atoms with Gasteiger partial charge in [0.15, 0.2) is 18.2 Å². The molecule has 0 amide bonds. The molecule has 1 heterocycles. The van der Waals surface area contributed by atoms with Crippen molar-refractivity contribution >= 4 is 23.2 Å². The van der Waals surface area contributed by atoms with E-state index in [0.29, 0.717) is 5.82 Å². The highest BCUT2D eigenvalue weighted by Gasteiger charge is 2.18. The summed E-state index contributed by atoms with van der Waals surface area (Å²) in [7, 11) is 0. The zero-order valence-corrected chi connectivity index (χ0v) is 12.7. The van der Waals surface area contributed by atoms with E-state index >= 15 is 0 Å². The molecule has 8 heteroatoms. The Hall–Kier alpha value is -1.40. The molecular formula is C12H13Cl2FN4O. The predicted molar refractivity (Wildman–Crippen MR) is 73.6 cm³/mol. The van der Waals surface area contributed by atoms with Crippen LogP contribution in [0.2, 0.25) is 10.0 Å². The Morgan fingerprint density at radius 3 is 2.55 bits per heavy atom. The molecule has 0 fully saturated rings. The largest absolute Gasteiger partial charge is 0.481 e. The van der Waals surface area contributed by atoms with Crippen LogP contribution in [0.1, 0.15) is 26.6 Å². The van der Waals surface area contributed by atoms with E-state index in [4.69, 9.17) is 27.9 Å². The monoisotopic (exact) mass is 318 g/mol. The Balaban J connectivity index is 2.12. The van der Waals surface area contributed by atoms with Crippen molar-refractivity contribution in [1.82, 2.24) is 20.2 Å². The number of ether oxygens (including phenoxy) is 1. The van der Waals surface area contributed by atoms with Crippen LogP contribution >= 0.6 is 23.2 Å². The smallest absolute Gasteiger partial charge is 0.212 e. The van der Waals surface area contributed by atoms with Gasteiger partial charge in [0.25, 0.3) is 0 Å². The van der Waals surface area contributed by atoms with Gasteiger partial charge in [-0.2, -0.15) is 4.80 Å². The Morgan fingerprint density at radius 2 is 2.00 bits per heavy atom. The van der Waals surface area contributed by atoms with E-state index in [9.17, 15) is 4.39 Å². The third-order valence-corrected chi connectivity index (χ3v) is 2.86. The van der Waals surface area contributed by atoms with E-state index in [-0.39, 0.29) is 27.9 Å². The zero-order chi connectivity index (χ0) is 14.9. The van der Waals surface area contributed by atoms with Crippen molar-refractivity contribution in [3.63, 3.8) is 0 Å². The first kappa shape index (κ1) is 15.0. The number of nitrogens with zero attached hydrogens (tertiary/aromatic N) is 4. The van der Waals surface area contributed by atoms with Crippen LogP contribution in [0.4, 0.5) is 4.39 Å². The van der Waals surface area contributed by atoms with Crippen molar-refractivity contribution < 1.29 is 9.13 Å². The van der Waals surface area contributed by atoms with E-state index in [2.05, 4.69) is 15.4 Å². The van der Waals surface area contributed by atoms with Gasteiger partial charge in [0.1, 0.15) is 0 Å². The van der Waals surface area contributed by atoms with Gasteiger partial charge in [0, 0.05) is 5.02 Å². The first-order chi connectivity index (χ1) is 9.27. The summed E-state index contributed by atoms with van der Waals surface area (Å²) in [5.41, 5.74) is -0.283. The molecule has 0 aliphatic heterocycles. The second-order valence-electron chi connectivity index (χ2n) is 5.15. The van der Waals surface area contributed by atoms with Crippen molar-refractivity contribution in [3.05, 3.63) is 33.8 Å². The molecule has 0 aliphatic carbocycles. The molecule has 0 bridgehead atoms. The highest BCUT2D eigenvalue weighted by atomic mass is 35.5. The van der Waals surface area contributed by atoms with E-state index < -0.39 is 5.82 Å². The van der Waals surface area contributed by atoms with Gasteiger partial charge in [0.05, 0.1) is 10.6 Å². The van der Waals surface area contributed by atoms with E-state index in [1.165, 1.54) is 10.9 Å². The van der Waals surface area contributed by atoms with Crippen molar-refractivity contribution in [2.24, 2.45) is 0 Å². The molecule has 0 saturated carbocycles. The van der Waals surface area contributed by atoms with Crippen LogP contribution in [0.15, 0.2) is 12.1 Å². The molecule has 1 aromatic carbocycles. The minimum absolute atomic E-state index is 0.0334. The summed E-state index contributed by atoms with van der Waals surface area (Å²) in [4.78, 5) is 1.46. The zero-order valence-electron chi connectivity index (χ0n) is 11.2. The highest BCUT2D eigenvalue weighted by molar-refractivity contribution is 6.35. The highest BCUT2D eigenvalue weighted by Crippen LogP contribution is 2.31. The summed E-state index contributed by atoms with van der Waals surface area (Å²) >= 11 is 11.5. The molecule has 0 unspecified atom stereocenters. The van der Waals surface area contributed by atoms with Gasteiger partial charge in [-0.15, -0.1) is 10.2 Å². The van der Waals surface area contributed by atoms with Gasteiger partial charge < -0.3 is 4.74 Å². The third kappa shape index (κ3) is 3.37. The SMILES string of the molecule is CC(C)(C)n1nnc(COc2c(F)cc(Cl)cc2Cl)n1. The summed E-state index contributed by atoms with van der Waals surface area (Å²) in [6.07, 6.45) is 0. The van der Waals surface area contributed by atoms with Crippen molar-refractivity contribution in [2.75, 3.05) is 0 Å². The fraction of sp³-hybridized carbons (Fsp3) is 0.417. The number of aromatic nitrogens is 4. The van der Waals surface area contributed by atoms with Crippen LogP contribution in [0.3, 0.4) is 0 Å². The average molecular weight is 319 g/mol. The molecule has 108 valence electrons. The predicted octanol–water partition coefficient (Wildman–Crippen LogP) is 3.45. The van der Waals surface area contributed by atoms with Crippen molar-refractivity contribution in [2.45, 2.75) is 32.9 Å². The number of benzene rings is 1. The molecule has 0 aliphatic rings. The van der Waals surface area contributed by atoms with Crippen LogP contribution in [0, 0.1) is 5.82 Å². The lowest BCUT2D eigenvalue weighted by Crippen LogP contribution is -2.24. The molecular weight excluding hydrogens is 306 g/mol. The first-order valence-corrected chi connectivity index (χ1v) is 6.59. The molecule has 0 N–H and O–H groups in total. The number of hydrogen-bond donors (Lipinski definition) is 0. The Morgan fingerprint density at radius 1 is 1.30 bits per heavy atom. The van der Waals surface area contributed by atoms with Crippen molar-refractivity contribution in [3.8, 4) is 5.75 Å². The first-order valence-electron chi connectivity index (χ1n) is 5.84. The van der Waals surface area contributed by atoms with Gasteiger partial charge in [-0.1, -0.05) is 23.2 Å². The van der Waals surface area contributed by atoms with Crippen LogP contribution in [0.5, 0.6) is 5.75 Å². The lowest BCUT2D eigenvalue weighted by atomic mass is 10.1. The number of rotatable bonds is 3. The number of halogens is 3. The fourth-order valence-corrected chi connectivity index (χ4v) is 1.91. The number of hydrogen-bond acceptors (Lipinski definition) is 4. The molecule has 0 radical (unpaired) electrons. The molecule has 0 atom stereocenters. The fourth-order valence-electron chi connectivity index (χ4n) is 1.39. The molecule has 2 rings (SSSR count). The second kappa shape index (κ2) is 5.54. The van der Waals surface area contributed by atoms with Crippen LogP contribution < -0.4 is 4.74 Å². The van der Waals surface area contributed by atoms with Gasteiger partial charge in [-0.05, 0) is 38.1 Å². The van der Waals surface area contributed by atoms with Gasteiger partial charge in [0.2, 0.25) is 5.82 Å². The minimum Gasteiger partial charge on any atom is -0.481 e. The lowest BCUT2D eigenvalue weighted by Gasteiger charge is -2.15. The van der Waals surface area contributed by atoms with E-state index in [0.717, 1.165) is 6.07 Å². The normalized spacial score (nSPS) is 11.7. The maximum absolute atomic E-state index is 13.7. The van der Waals surface area contributed by atoms with Crippen LogP contribution in [0.25, 0.3) is 0 Å². The molecule has 2 aromatic rings. The maximum Gasteiger partial charge on any atom is 0.212 e. The van der Waals surface area contributed by atoms with Crippen LogP contribution in [-0.4, -0.2) is 20.2 Å². The summed E-state index contributed by atoms with van der Waals surface area (Å²) in [5, 5.41) is 12.2. The maximum atomic E-state index is 13.7. The summed E-state index contributed by atoms with van der Waals surface area (Å²) in [6.45, 7) is 5.79. The van der Waals surface area contributed by atoms with Gasteiger partial charge in [-0.3, -0.25) is 0 Å².